The van der Waals surface area contributed by atoms with Crippen LogP contribution in [0.4, 0.5) is 4.79 Å². The Morgan fingerprint density at radius 1 is 1.15 bits per heavy atom. The molecule has 0 aliphatic carbocycles. The van der Waals surface area contributed by atoms with Crippen molar-refractivity contribution in [2.75, 3.05) is 13.7 Å². The Hall–Kier alpha value is -2.77. The average Bonchev–Trinajstić information content (AvgIpc) is 2.89. The maximum atomic E-state index is 13.5. The first-order chi connectivity index (χ1) is 18.8. The number of carbonyl (C=O) groups excluding carboxylic acids is 1. The van der Waals surface area contributed by atoms with Crippen molar-refractivity contribution < 1.29 is 23.8 Å². The van der Waals surface area contributed by atoms with Crippen LogP contribution in [-0.2, 0) is 17.8 Å². The number of methoxy groups -OCH3 is 1. The van der Waals surface area contributed by atoms with Gasteiger partial charge < -0.3 is 23.9 Å². The summed E-state index contributed by atoms with van der Waals surface area (Å²) >= 11 is 0. The monoisotopic (exact) mass is 567 g/mol. The van der Waals surface area contributed by atoms with Crippen LogP contribution >= 0.6 is 0 Å². The number of aliphatic hydroxyl groups is 1. The van der Waals surface area contributed by atoms with E-state index >= 15 is 0 Å². The molecule has 2 aromatic carbocycles. The molecular weight excluding hydrogens is 518 g/mol. The molecule has 0 fully saturated rings. The van der Waals surface area contributed by atoms with Gasteiger partial charge in [-0.2, -0.15) is 0 Å². The van der Waals surface area contributed by atoms with Crippen LogP contribution in [0.25, 0.3) is 0 Å². The number of hydrogen-bond acceptors (Lipinski definition) is 5. The molecule has 0 saturated heterocycles. The Balaban J connectivity index is 1.98. The zero-order valence-electron chi connectivity index (χ0n) is 25.9. The second-order valence-electron chi connectivity index (χ2n) is 12.8. The molecule has 0 radical (unpaired) electrons. The second kappa shape index (κ2) is 13.3. The summed E-state index contributed by atoms with van der Waals surface area (Å²) in [7, 11) is -0.452. The van der Waals surface area contributed by atoms with E-state index in [4.69, 9.17) is 13.9 Å². The van der Waals surface area contributed by atoms with E-state index in [0.29, 0.717) is 31.1 Å². The molecule has 2 atom stereocenters. The lowest BCUT2D eigenvalue weighted by molar-refractivity contribution is 0.0627. The van der Waals surface area contributed by atoms with Gasteiger partial charge in [-0.25, -0.2) is 4.79 Å². The van der Waals surface area contributed by atoms with Gasteiger partial charge in [0.2, 0.25) is 0 Å². The molecule has 1 amide bonds. The SMILES string of the molecule is CC=C(CC(C)C)C(O)CC1c2cc(OC)c(O[Si](C)(C)C(C)(C)C)cc2CCN1C(=O)OCc1ccccc1. The van der Waals surface area contributed by atoms with Crippen molar-refractivity contribution in [1.82, 2.24) is 4.90 Å². The Labute approximate surface area is 242 Å². The third-order valence-corrected chi connectivity index (χ3v) is 12.6. The Morgan fingerprint density at radius 3 is 2.40 bits per heavy atom. The number of allylic oxidation sites excluding steroid dienone is 1. The van der Waals surface area contributed by atoms with Gasteiger partial charge in [-0.05, 0) is 78.2 Å². The fraction of sp³-hybridized carbons (Fsp3) is 0.545. The average molecular weight is 568 g/mol. The minimum absolute atomic E-state index is 0.0408. The maximum Gasteiger partial charge on any atom is 0.410 e. The lowest BCUT2D eigenvalue weighted by atomic mass is 9.86. The minimum Gasteiger partial charge on any atom is -0.541 e. The molecule has 7 heteroatoms. The van der Waals surface area contributed by atoms with Gasteiger partial charge in [0.1, 0.15) is 12.4 Å². The van der Waals surface area contributed by atoms with E-state index in [9.17, 15) is 9.90 Å². The van der Waals surface area contributed by atoms with Crippen LogP contribution in [0.3, 0.4) is 0 Å². The van der Waals surface area contributed by atoms with E-state index < -0.39 is 14.4 Å². The summed E-state index contributed by atoms with van der Waals surface area (Å²) in [4.78, 5) is 15.2. The van der Waals surface area contributed by atoms with Gasteiger partial charge in [-0.1, -0.05) is 71.0 Å². The van der Waals surface area contributed by atoms with Gasteiger partial charge in [0.15, 0.2) is 5.75 Å². The smallest absolute Gasteiger partial charge is 0.410 e. The van der Waals surface area contributed by atoms with Crippen molar-refractivity contribution in [3.8, 4) is 11.5 Å². The summed E-state index contributed by atoms with van der Waals surface area (Å²) in [5.74, 6) is 1.82. The summed E-state index contributed by atoms with van der Waals surface area (Å²) < 4.78 is 18.3. The first-order valence-electron chi connectivity index (χ1n) is 14.5. The number of ether oxygens (including phenoxy) is 2. The number of benzene rings is 2. The van der Waals surface area contributed by atoms with E-state index in [1.54, 1.807) is 12.0 Å². The maximum absolute atomic E-state index is 13.5. The Kier molecular flexibility index (Phi) is 10.5. The van der Waals surface area contributed by atoms with Crippen LogP contribution in [0.15, 0.2) is 54.1 Å². The number of rotatable bonds is 10. The molecule has 2 aromatic rings. The van der Waals surface area contributed by atoms with Gasteiger partial charge >= 0.3 is 6.09 Å². The largest absolute Gasteiger partial charge is 0.541 e. The molecule has 1 aliphatic heterocycles. The van der Waals surface area contributed by atoms with Gasteiger partial charge in [0.25, 0.3) is 8.32 Å². The van der Waals surface area contributed by atoms with Crippen molar-refractivity contribution in [1.29, 1.82) is 0 Å². The van der Waals surface area contributed by atoms with E-state index in [0.717, 1.165) is 34.4 Å². The lowest BCUT2D eigenvalue weighted by Gasteiger charge is -2.40. The summed E-state index contributed by atoms with van der Waals surface area (Å²) in [6, 6.07) is 13.4. The lowest BCUT2D eigenvalue weighted by Crippen LogP contribution is -2.44. The highest BCUT2D eigenvalue weighted by atomic mass is 28.4. The van der Waals surface area contributed by atoms with Gasteiger partial charge in [-0.3, -0.25) is 0 Å². The van der Waals surface area contributed by atoms with E-state index in [-0.39, 0.29) is 23.8 Å². The number of amides is 1. The molecule has 1 heterocycles. The van der Waals surface area contributed by atoms with Gasteiger partial charge in [-0.15, -0.1) is 0 Å². The third-order valence-electron chi connectivity index (χ3n) is 8.28. The molecule has 0 spiro atoms. The molecule has 2 unspecified atom stereocenters. The number of fused-ring (bicyclic) bond motifs is 1. The van der Waals surface area contributed by atoms with Crippen LogP contribution in [-0.4, -0.2) is 44.2 Å². The third kappa shape index (κ3) is 7.70. The number of nitrogens with zero attached hydrogens (tertiary/aromatic N) is 1. The highest BCUT2D eigenvalue weighted by Crippen LogP contribution is 2.44. The van der Waals surface area contributed by atoms with Crippen LogP contribution < -0.4 is 9.16 Å². The van der Waals surface area contributed by atoms with E-state index in [1.165, 1.54) is 0 Å². The number of aliphatic hydroxyl groups excluding tert-OH is 1. The molecule has 6 nitrogen and oxygen atoms in total. The summed E-state index contributed by atoms with van der Waals surface area (Å²) in [6.45, 7) is 18.1. The quantitative estimate of drug-likeness (QED) is 0.232. The molecule has 1 aliphatic rings. The standard InChI is InChI=1S/C33H49NO5Si/c1-10-25(18-23(2)3)29(35)21-28-27-20-30(37-7)31(39-40(8,9)33(4,5)6)19-26(27)16-17-34(28)32(36)38-22-24-14-12-11-13-15-24/h10-15,19-20,23,28-29,35H,16-18,21-22H2,1-9H3. The molecule has 3 rings (SSSR count). The second-order valence-corrected chi connectivity index (χ2v) is 17.5. The van der Waals surface area contributed by atoms with Gasteiger partial charge in [0, 0.05) is 13.0 Å². The molecular formula is C33H49NO5Si. The number of carbonyl (C=O) groups is 1. The zero-order valence-corrected chi connectivity index (χ0v) is 26.9. The topological polar surface area (TPSA) is 68.2 Å². The molecule has 0 aromatic heterocycles. The van der Waals surface area contributed by atoms with Crippen LogP contribution in [0, 0.1) is 5.92 Å². The summed E-state index contributed by atoms with van der Waals surface area (Å²) in [6.07, 6.45) is 2.80. The van der Waals surface area contributed by atoms with Crippen molar-refractivity contribution in [2.24, 2.45) is 5.92 Å². The molecule has 0 saturated carbocycles. The van der Waals surface area contributed by atoms with Crippen molar-refractivity contribution >= 4 is 14.4 Å². The molecule has 220 valence electrons. The fourth-order valence-electron chi connectivity index (χ4n) is 4.93. The predicted molar refractivity (Wildman–Crippen MR) is 164 cm³/mol. The van der Waals surface area contributed by atoms with E-state index in [2.05, 4.69) is 53.8 Å². The first-order valence-corrected chi connectivity index (χ1v) is 17.4. The van der Waals surface area contributed by atoms with Crippen molar-refractivity contribution in [3.05, 3.63) is 70.8 Å². The minimum atomic E-state index is -2.10. The predicted octanol–water partition coefficient (Wildman–Crippen LogP) is 8.06. The summed E-state index contributed by atoms with van der Waals surface area (Å²) in [5.41, 5.74) is 4.02. The number of hydrogen-bond donors (Lipinski definition) is 1. The van der Waals surface area contributed by atoms with Crippen LogP contribution in [0.1, 0.15) is 77.1 Å². The van der Waals surface area contributed by atoms with Gasteiger partial charge in [0.05, 0.1) is 19.3 Å². The zero-order chi connectivity index (χ0) is 29.7. The van der Waals surface area contributed by atoms with Crippen LogP contribution in [0.5, 0.6) is 11.5 Å². The molecule has 1 N–H and O–H groups in total. The Morgan fingerprint density at radius 2 is 1.82 bits per heavy atom. The fourth-order valence-corrected chi connectivity index (χ4v) is 5.95. The molecule has 0 bridgehead atoms. The highest BCUT2D eigenvalue weighted by molar-refractivity contribution is 6.74. The normalized spacial score (nSPS) is 16.9. The first kappa shape index (κ1) is 31.8. The highest BCUT2D eigenvalue weighted by Gasteiger charge is 2.41. The van der Waals surface area contributed by atoms with E-state index in [1.807, 2.05) is 49.4 Å². The van der Waals surface area contributed by atoms with Crippen LogP contribution in [0.2, 0.25) is 18.1 Å². The summed E-state index contributed by atoms with van der Waals surface area (Å²) in [5, 5.41) is 11.4. The van der Waals surface area contributed by atoms with Crippen molar-refractivity contribution in [3.63, 3.8) is 0 Å². The van der Waals surface area contributed by atoms with Crippen molar-refractivity contribution in [2.45, 2.75) is 97.7 Å². The molecule has 40 heavy (non-hydrogen) atoms. The Bertz CT molecular complexity index is 1170.